The largest absolute Gasteiger partial charge is 0.357 e. The molecule has 1 rings (SSSR count). The Kier molecular flexibility index (Phi) is 8.67. The molecule has 1 fully saturated rings. The molecule has 4 nitrogen and oxygen atoms in total. The minimum Gasteiger partial charge on any atom is -0.357 e. The lowest BCUT2D eigenvalue weighted by molar-refractivity contribution is 0.317. The molecule has 1 heterocycles. The molecule has 0 aromatic rings. The fourth-order valence-corrected chi connectivity index (χ4v) is 2.73. The van der Waals surface area contributed by atoms with E-state index in [0.29, 0.717) is 12.1 Å². The van der Waals surface area contributed by atoms with Gasteiger partial charge in [-0.2, -0.15) is 0 Å². The number of nitrogens with zero attached hydrogens (tertiary/aromatic N) is 2. The third-order valence-electron chi connectivity index (χ3n) is 4.10. The molecule has 0 radical (unpaired) electrons. The van der Waals surface area contributed by atoms with Gasteiger partial charge in [0.15, 0.2) is 5.96 Å². The van der Waals surface area contributed by atoms with Crippen LogP contribution in [-0.4, -0.2) is 49.6 Å². The number of unbranched alkanes of at least 4 members (excludes halogenated alkanes) is 2. The smallest absolute Gasteiger partial charge is 0.191 e. The molecule has 2 N–H and O–H groups in total. The van der Waals surface area contributed by atoms with Crippen LogP contribution in [-0.2, 0) is 0 Å². The second-order valence-corrected chi connectivity index (χ2v) is 6.04. The molecule has 20 heavy (non-hydrogen) atoms. The highest BCUT2D eigenvalue weighted by Gasteiger charge is 2.20. The van der Waals surface area contributed by atoms with E-state index in [1.165, 1.54) is 45.1 Å². The molecule has 1 aliphatic rings. The van der Waals surface area contributed by atoms with Crippen LogP contribution in [0.1, 0.15) is 59.3 Å². The van der Waals surface area contributed by atoms with Crippen molar-refractivity contribution in [2.75, 3.05) is 26.7 Å². The van der Waals surface area contributed by atoms with Gasteiger partial charge in [0.1, 0.15) is 0 Å². The maximum atomic E-state index is 4.77. The highest BCUT2D eigenvalue weighted by Crippen LogP contribution is 2.14. The number of likely N-dealkylation sites (tertiary alicyclic amines) is 1. The Morgan fingerprint density at radius 2 is 2.15 bits per heavy atom. The van der Waals surface area contributed by atoms with Crippen LogP contribution in [0.15, 0.2) is 4.99 Å². The molecule has 0 aromatic heterocycles. The number of rotatable bonds is 8. The molecule has 4 heteroatoms. The van der Waals surface area contributed by atoms with Gasteiger partial charge < -0.3 is 15.5 Å². The first-order valence-corrected chi connectivity index (χ1v) is 8.42. The van der Waals surface area contributed by atoms with Crippen LogP contribution in [0.4, 0.5) is 0 Å². The van der Waals surface area contributed by atoms with Gasteiger partial charge in [0.05, 0.1) is 6.54 Å². The molecular formula is C16H34N4. The van der Waals surface area contributed by atoms with Gasteiger partial charge in [0, 0.05) is 18.6 Å². The normalized spacial score (nSPS) is 22.0. The second-order valence-electron chi connectivity index (χ2n) is 6.04. The molecule has 0 aliphatic carbocycles. The zero-order chi connectivity index (χ0) is 14.8. The van der Waals surface area contributed by atoms with Crippen molar-refractivity contribution in [3.05, 3.63) is 0 Å². The number of nitrogens with one attached hydrogen (secondary N) is 2. The van der Waals surface area contributed by atoms with E-state index in [0.717, 1.165) is 19.0 Å². The van der Waals surface area contributed by atoms with Crippen molar-refractivity contribution < 1.29 is 0 Å². The molecule has 0 amide bonds. The van der Waals surface area contributed by atoms with Crippen molar-refractivity contribution in [2.45, 2.75) is 71.4 Å². The molecule has 1 saturated heterocycles. The van der Waals surface area contributed by atoms with Crippen LogP contribution in [0.2, 0.25) is 0 Å². The summed E-state index contributed by atoms with van der Waals surface area (Å²) in [6.45, 7) is 9.69. The molecule has 0 saturated carbocycles. The maximum Gasteiger partial charge on any atom is 0.191 e. The van der Waals surface area contributed by atoms with Gasteiger partial charge in [-0.15, -0.1) is 0 Å². The van der Waals surface area contributed by atoms with E-state index in [2.05, 4.69) is 43.4 Å². The van der Waals surface area contributed by atoms with Gasteiger partial charge in [-0.25, -0.2) is 0 Å². The fourth-order valence-electron chi connectivity index (χ4n) is 2.73. The van der Waals surface area contributed by atoms with E-state index < -0.39 is 0 Å². The van der Waals surface area contributed by atoms with Crippen molar-refractivity contribution >= 4 is 5.96 Å². The summed E-state index contributed by atoms with van der Waals surface area (Å²) in [4.78, 5) is 7.20. The topological polar surface area (TPSA) is 39.7 Å². The van der Waals surface area contributed by atoms with Crippen LogP contribution in [0.3, 0.4) is 0 Å². The third kappa shape index (κ3) is 6.60. The minimum atomic E-state index is 0.501. The standard InChI is InChI=1S/C16H34N4/c1-5-7-8-10-14(3)19-16(17-6-2)18-13-15-11-9-12-20(15)4/h14-15H,5-13H2,1-4H3,(H2,17,18,19). The summed E-state index contributed by atoms with van der Waals surface area (Å²) in [6.07, 6.45) is 7.73. The summed E-state index contributed by atoms with van der Waals surface area (Å²) in [6, 6.07) is 1.13. The summed E-state index contributed by atoms with van der Waals surface area (Å²) >= 11 is 0. The van der Waals surface area contributed by atoms with E-state index in [1.54, 1.807) is 0 Å². The first-order valence-electron chi connectivity index (χ1n) is 8.42. The zero-order valence-electron chi connectivity index (χ0n) is 13.9. The molecule has 0 spiro atoms. The lowest BCUT2D eigenvalue weighted by atomic mass is 10.1. The zero-order valence-corrected chi connectivity index (χ0v) is 13.9. The fraction of sp³-hybridized carbons (Fsp3) is 0.938. The molecule has 0 bridgehead atoms. The molecule has 2 atom stereocenters. The van der Waals surface area contributed by atoms with Gasteiger partial charge in [-0.1, -0.05) is 26.2 Å². The predicted molar refractivity (Wildman–Crippen MR) is 88.4 cm³/mol. The summed E-state index contributed by atoms with van der Waals surface area (Å²) in [5.74, 6) is 0.983. The average Bonchev–Trinajstić information content (AvgIpc) is 2.82. The Bertz CT molecular complexity index is 278. The van der Waals surface area contributed by atoms with E-state index in [1.807, 2.05) is 0 Å². The first-order chi connectivity index (χ1) is 9.67. The van der Waals surface area contributed by atoms with Crippen molar-refractivity contribution in [3.8, 4) is 0 Å². The SMILES string of the molecule is CCCCCC(C)NC(=NCC1CCCN1C)NCC. The van der Waals surface area contributed by atoms with Gasteiger partial charge in [0.25, 0.3) is 0 Å². The predicted octanol–water partition coefficient (Wildman–Crippen LogP) is 2.60. The molecule has 2 unspecified atom stereocenters. The van der Waals surface area contributed by atoms with Gasteiger partial charge in [-0.05, 0) is 46.7 Å². The highest BCUT2D eigenvalue weighted by atomic mass is 15.2. The maximum absolute atomic E-state index is 4.77. The van der Waals surface area contributed by atoms with Crippen molar-refractivity contribution in [1.29, 1.82) is 0 Å². The lowest BCUT2D eigenvalue weighted by Crippen LogP contribution is -2.43. The van der Waals surface area contributed by atoms with Crippen LogP contribution in [0.5, 0.6) is 0 Å². The van der Waals surface area contributed by atoms with Crippen molar-refractivity contribution in [1.82, 2.24) is 15.5 Å². The van der Waals surface area contributed by atoms with Crippen LogP contribution >= 0.6 is 0 Å². The molecule has 0 aromatic carbocycles. The van der Waals surface area contributed by atoms with Gasteiger partial charge >= 0.3 is 0 Å². The number of hydrogen-bond acceptors (Lipinski definition) is 2. The van der Waals surface area contributed by atoms with Gasteiger partial charge in [-0.3, -0.25) is 4.99 Å². The number of likely N-dealkylation sites (N-methyl/N-ethyl adjacent to an activating group) is 1. The summed E-state index contributed by atoms with van der Waals surface area (Å²) < 4.78 is 0. The minimum absolute atomic E-state index is 0.501. The van der Waals surface area contributed by atoms with E-state index in [9.17, 15) is 0 Å². The molecule has 1 aliphatic heterocycles. The summed E-state index contributed by atoms with van der Waals surface area (Å²) in [7, 11) is 2.21. The Morgan fingerprint density at radius 3 is 2.75 bits per heavy atom. The van der Waals surface area contributed by atoms with E-state index >= 15 is 0 Å². The Morgan fingerprint density at radius 1 is 1.35 bits per heavy atom. The van der Waals surface area contributed by atoms with Crippen LogP contribution in [0.25, 0.3) is 0 Å². The van der Waals surface area contributed by atoms with Gasteiger partial charge in [0.2, 0.25) is 0 Å². The van der Waals surface area contributed by atoms with Crippen molar-refractivity contribution in [2.24, 2.45) is 4.99 Å². The quantitative estimate of drug-likeness (QED) is 0.408. The first kappa shape index (κ1) is 17.3. The van der Waals surface area contributed by atoms with Crippen molar-refractivity contribution in [3.63, 3.8) is 0 Å². The van der Waals surface area contributed by atoms with Crippen LogP contribution in [0, 0.1) is 0 Å². The molecule has 118 valence electrons. The number of guanidine groups is 1. The summed E-state index contributed by atoms with van der Waals surface area (Å²) in [5, 5.41) is 6.90. The Labute approximate surface area is 125 Å². The highest BCUT2D eigenvalue weighted by molar-refractivity contribution is 5.80. The number of aliphatic imine (C=N–C) groups is 1. The van der Waals surface area contributed by atoms with E-state index in [4.69, 9.17) is 4.99 Å². The molecular weight excluding hydrogens is 248 g/mol. The number of hydrogen-bond donors (Lipinski definition) is 2. The second kappa shape index (κ2) is 10.0. The third-order valence-corrected chi connectivity index (χ3v) is 4.10. The average molecular weight is 282 g/mol. The Hall–Kier alpha value is -0.770. The lowest BCUT2D eigenvalue weighted by Gasteiger charge is -2.20. The Balaban J connectivity index is 2.37. The monoisotopic (exact) mass is 282 g/mol. The van der Waals surface area contributed by atoms with E-state index in [-0.39, 0.29) is 0 Å². The van der Waals surface area contributed by atoms with Crippen LogP contribution < -0.4 is 10.6 Å². The summed E-state index contributed by atoms with van der Waals surface area (Å²) in [5.41, 5.74) is 0.